The Morgan fingerprint density at radius 3 is 2.54 bits per heavy atom. The number of carbonyl (C=O) groups excluding carboxylic acids is 1. The maximum absolute atomic E-state index is 12.3. The molecule has 1 amide bonds. The van der Waals surface area contributed by atoms with Gasteiger partial charge in [-0.25, -0.2) is 0 Å². The van der Waals surface area contributed by atoms with E-state index in [-0.39, 0.29) is 5.91 Å². The molecular weight excluding hydrogens is 302 g/mol. The van der Waals surface area contributed by atoms with Crippen LogP contribution in [0.15, 0.2) is 42.7 Å². The Morgan fingerprint density at radius 1 is 1.17 bits per heavy atom. The van der Waals surface area contributed by atoms with Crippen LogP contribution in [0.5, 0.6) is 0 Å². The molecule has 24 heavy (non-hydrogen) atoms. The fourth-order valence-corrected chi connectivity index (χ4v) is 2.90. The molecule has 1 aromatic heterocycles. The Balaban J connectivity index is 1.43. The van der Waals surface area contributed by atoms with Crippen molar-refractivity contribution >= 4 is 5.91 Å². The van der Waals surface area contributed by atoms with Crippen molar-refractivity contribution in [2.75, 3.05) is 26.2 Å². The van der Waals surface area contributed by atoms with Crippen LogP contribution in [0.4, 0.5) is 0 Å². The maximum atomic E-state index is 12.3. The molecule has 124 valence electrons. The summed E-state index contributed by atoms with van der Waals surface area (Å²) in [5.74, 6) is 0.198. The Hall–Kier alpha value is -2.65. The number of benzene rings is 1. The fraction of sp³-hybridized carbons (Fsp3) is 0.389. The second-order valence-electron chi connectivity index (χ2n) is 5.98. The number of aryl methyl sites for hydroxylation is 1. The second-order valence-corrected chi connectivity index (χ2v) is 5.98. The molecule has 0 aliphatic carbocycles. The van der Waals surface area contributed by atoms with Gasteiger partial charge in [0.2, 0.25) is 5.91 Å². The summed E-state index contributed by atoms with van der Waals surface area (Å²) in [6.45, 7) is 4.81. The number of nitriles is 1. The molecular formula is C18H21N5O. The number of piperazine rings is 1. The Morgan fingerprint density at radius 2 is 1.92 bits per heavy atom. The highest BCUT2D eigenvalue weighted by Crippen LogP contribution is 2.11. The van der Waals surface area contributed by atoms with Crippen molar-refractivity contribution in [3.05, 3.63) is 53.9 Å². The minimum atomic E-state index is 0.198. The third kappa shape index (κ3) is 4.21. The molecule has 0 N–H and O–H groups in total. The molecule has 1 fully saturated rings. The lowest BCUT2D eigenvalue weighted by Crippen LogP contribution is -2.48. The molecule has 1 aromatic carbocycles. The van der Waals surface area contributed by atoms with E-state index in [1.165, 1.54) is 5.56 Å². The van der Waals surface area contributed by atoms with Gasteiger partial charge in [-0.15, -0.1) is 0 Å². The van der Waals surface area contributed by atoms with Crippen LogP contribution in [-0.4, -0.2) is 51.7 Å². The fourth-order valence-electron chi connectivity index (χ4n) is 2.90. The summed E-state index contributed by atoms with van der Waals surface area (Å²) in [7, 11) is 0. The normalized spacial score (nSPS) is 15.2. The number of carbonyl (C=O) groups is 1. The Bertz CT molecular complexity index is 694. The lowest BCUT2D eigenvalue weighted by atomic mass is 10.1. The van der Waals surface area contributed by atoms with Crippen molar-refractivity contribution < 1.29 is 4.79 Å². The standard InChI is InChI=1S/C18H21N5O/c19-14-16-2-4-17(5-3-16)15-21-10-12-22(13-11-21)18(24)6-9-23-8-1-7-20-23/h1-5,7-8H,6,9-13,15H2. The predicted molar refractivity (Wildman–Crippen MR) is 89.9 cm³/mol. The number of hydrogen-bond donors (Lipinski definition) is 0. The van der Waals surface area contributed by atoms with E-state index in [2.05, 4.69) is 16.1 Å². The molecule has 0 unspecified atom stereocenters. The van der Waals surface area contributed by atoms with E-state index in [4.69, 9.17) is 5.26 Å². The highest BCUT2D eigenvalue weighted by Gasteiger charge is 2.20. The highest BCUT2D eigenvalue weighted by molar-refractivity contribution is 5.76. The lowest BCUT2D eigenvalue weighted by molar-refractivity contribution is -0.133. The average Bonchev–Trinajstić information content (AvgIpc) is 3.14. The third-order valence-corrected chi connectivity index (χ3v) is 4.33. The van der Waals surface area contributed by atoms with Crippen LogP contribution in [-0.2, 0) is 17.9 Å². The molecule has 6 nitrogen and oxygen atoms in total. The third-order valence-electron chi connectivity index (χ3n) is 4.33. The molecule has 0 radical (unpaired) electrons. The molecule has 0 saturated carbocycles. The van der Waals surface area contributed by atoms with Crippen molar-refractivity contribution in [2.24, 2.45) is 0 Å². The maximum Gasteiger partial charge on any atom is 0.224 e. The van der Waals surface area contributed by atoms with Crippen LogP contribution in [0, 0.1) is 11.3 Å². The molecule has 0 spiro atoms. The molecule has 2 aromatic rings. The number of amides is 1. The van der Waals surface area contributed by atoms with Crippen molar-refractivity contribution in [1.82, 2.24) is 19.6 Å². The summed E-state index contributed by atoms with van der Waals surface area (Å²) in [6, 6.07) is 11.7. The van der Waals surface area contributed by atoms with Crippen molar-refractivity contribution in [3.8, 4) is 6.07 Å². The van der Waals surface area contributed by atoms with Gasteiger partial charge >= 0.3 is 0 Å². The van der Waals surface area contributed by atoms with Crippen LogP contribution in [0.2, 0.25) is 0 Å². The van der Waals surface area contributed by atoms with Gasteiger partial charge in [-0.3, -0.25) is 14.4 Å². The first kappa shape index (κ1) is 16.2. The minimum absolute atomic E-state index is 0.198. The van der Waals surface area contributed by atoms with Gasteiger partial charge in [0.05, 0.1) is 11.6 Å². The van der Waals surface area contributed by atoms with E-state index in [1.54, 1.807) is 10.9 Å². The first-order chi connectivity index (χ1) is 11.7. The molecule has 6 heteroatoms. The molecule has 1 aliphatic heterocycles. The number of nitrogens with zero attached hydrogens (tertiary/aromatic N) is 5. The van der Waals surface area contributed by atoms with E-state index in [0.717, 1.165) is 32.7 Å². The summed E-state index contributed by atoms with van der Waals surface area (Å²) in [6.07, 6.45) is 4.10. The molecule has 2 heterocycles. The minimum Gasteiger partial charge on any atom is -0.340 e. The zero-order chi connectivity index (χ0) is 16.8. The quantitative estimate of drug-likeness (QED) is 0.836. The summed E-state index contributed by atoms with van der Waals surface area (Å²) >= 11 is 0. The first-order valence-corrected chi connectivity index (χ1v) is 8.21. The van der Waals surface area contributed by atoms with Crippen LogP contribution < -0.4 is 0 Å². The first-order valence-electron chi connectivity index (χ1n) is 8.21. The van der Waals surface area contributed by atoms with E-state index < -0.39 is 0 Å². The van der Waals surface area contributed by atoms with Gasteiger partial charge in [-0.1, -0.05) is 12.1 Å². The lowest BCUT2D eigenvalue weighted by Gasteiger charge is -2.34. The van der Waals surface area contributed by atoms with Gasteiger partial charge in [0.15, 0.2) is 0 Å². The van der Waals surface area contributed by atoms with Gasteiger partial charge in [0, 0.05) is 58.1 Å². The van der Waals surface area contributed by atoms with E-state index in [1.807, 2.05) is 41.4 Å². The van der Waals surface area contributed by atoms with Gasteiger partial charge in [0.1, 0.15) is 0 Å². The molecule has 0 bridgehead atoms. The molecule has 1 saturated heterocycles. The average molecular weight is 323 g/mol. The van der Waals surface area contributed by atoms with Gasteiger partial charge in [-0.2, -0.15) is 10.4 Å². The monoisotopic (exact) mass is 323 g/mol. The summed E-state index contributed by atoms with van der Waals surface area (Å²) in [5.41, 5.74) is 1.89. The van der Waals surface area contributed by atoms with Crippen LogP contribution in [0.25, 0.3) is 0 Å². The van der Waals surface area contributed by atoms with Gasteiger partial charge in [0.25, 0.3) is 0 Å². The van der Waals surface area contributed by atoms with Gasteiger partial charge < -0.3 is 4.90 Å². The summed E-state index contributed by atoms with van der Waals surface area (Å²) in [4.78, 5) is 16.6. The highest BCUT2D eigenvalue weighted by atomic mass is 16.2. The van der Waals surface area contributed by atoms with Crippen LogP contribution in [0.1, 0.15) is 17.5 Å². The van der Waals surface area contributed by atoms with Crippen LogP contribution in [0.3, 0.4) is 0 Å². The molecule has 3 rings (SSSR count). The SMILES string of the molecule is N#Cc1ccc(CN2CCN(C(=O)CCn3cccn3)CC2)cc1. The Labute approximate surface area is 141 Å². The molecule has 1 aliphatic rings. The topological polar surface area (TPSA) is 65.2 Å². The molecule has 0 atom stereocenters. The van der Waals surface area contributed by atoms with E-state index in [0.29, 0.717) is 18.5 Å². The van der Waals surface area contributed by atoms with Crippen molar-refractivity contribution in [2.45, 2.75) is 19.5 Å². The number of aromatic nitrogens is 2. The van der Waals surface area contributed by atoms with E-state index in [9.17, 15) is 4.79 Å². The zero-order valence-corrected chi connectivity index (χ0v) is 13.6. The summed E-state index contributed by atoms with van der Waals surface area (Å²) < 4.78 is 1.79. The van der Waals surface area contributed by atoms with Crippen molar-refractivity contribution in [3.63, 3.8) is 0 Å². The zero-order valence-electron chi connectivity index (χ0n) is 13.6. The van der Waals surface area contributed by atoms with E-state index >= 15 is 0 Å². The second kappa shape index (κ2) is 7.75. The van der Waals surface area contributed by atoms with Crippen LogP contribution >= 0.6 is 0 Å². The Kier molecular flexibility index (Phi) is 5.24. The smallest absolute Gasteiger partial charge is 0.224 e. The summed E-state index contributed by atoms with van der Waals surface area (Å²) in [5, 5.41) is 13.0. The largest absolute Gasteiger partial charge is 0.340 e. The predicted octanol–water partition coefficient (Wildman–Crippen LogP) is 1.49. The number of rotatable bonds is 5. The number of hydrogen-bond acceptors (Lipinski definition) is 4. The van der Waals surface area contributed by atoms with Crippen molar-refractivity contribution in [1.29, 1.82) is 5.26 Å². The van der Waals surface area contributed by atoms with Gasteiger partial charge in [-0.05, 0) is 23.8 Å².